The summed E-state index contributed by atoms with van der Waals surface area (Å²) in [6, 6.07) is 7.73. The van der Waals surface area contributed by atoms with Crippen LogP contribution in [0.15, 0.2) is 28.7 Å². The van der Waals surface area contributed by atoms with Crippen molar-refractivity contribution in [1.29, 1.82) is 0 Å². The van der Waals surface area contributed by atoms with E-state index in [0.29, 0.717) is 6.54 Å². The molecule has 1 aromatic heterocycles. The van der Waals surface area contributed by atoms with Gasteiger partial charge in [0.2, 0.25) is 11.8 Å². The Hall–Kier alpha value is -2.30. The van der Waals surface area contributed by atoms with Crippen molar-refractivity contribution in [1.82, 2.24) is 10.2 Å². The molecule has 2 aromatic rings. The molecule has 2 unspecified atom stereocenters. The van der Waals surface area contributed by atoms with Crippen LogP contribution in [0.4, 0.5) is 0 Å². The Labute approximate surface area is 153 Å². The van der Waals surface area contributed by atoms with Crippen LogP contribution < -0.4 is 5.32 Å². The second-order valence-corrected chi connectivity index (χ2v) is 7.72. The van der Waals surface area contributed by atoms with Gasteiger partial charge in [-0.1, -0.05) is 18.2 Å². The van der Waals surface area contributed by atoms with Gasteiger partial charge in [0.15, 0.2) is 0 Å². The zero-order valence-corrected chi connectivity index (χ0v) is 15.5. The third-order valence-corrected chi connectivity index (χ3v) is 5.66. The number of piperidine rings is 1. The predicted molar refractivity (Wildman–Crippen MR) is 99.5 cm³/mol. The van der Waals surface area contributed by atoms with Crippen LogP contribution in [0, 0.1) is 18.8 Å². The van der Waals surface area contributed by atoms with Crippen molar-refractivity contribution >= 4 is 22.8 Å². The van der Waals surface area contributed by atoms with Gasteiger partial charge in [-0.3, -0.25) is 9.59 Å². The summed E-state index contributed by atoms with van der Waals surface area (Å²) in [6.07, 6.45) is 3.75. The molecule has 1 N–H and O–H groups in total. The summed E-state index contributed by atoms with van der Waals surface area (Å²) in [5.74, 6) is 1.16. The number of para-hydroxylation sites is 1. The Morgan fingerprint density at radius 3 is 2.69 bits per heavy atom. The van der Waals surface area contributed by atoms with E-state index in [1.807, 2.05) is 43.0 Å². The number of benzene rings is 1. The van der Waals surface area contributed by atoms with Crippen LogP contribution in [0.2, 0.25) is 0 Å². The third-order valence-electron chi connectivity index (χ3n) is 5.66. The van der Waals surface area contributed by atoms with Crippen LogP contribution >= 0.6 is 0 Å². The van der Waals surface area contributed by atoms with E-state index in [9.17, 15) is 9.59 Å². The van der Waals surface area contributed by atoms with Gasteiger partial charge in [-0.05, 0) is 45.6 Å². The lowest BCUT2D eigenvalue weighted by Gasteiger charge is -2.32. The molecule has 0 bridgehead atoms. The van der Waals surface area contributed by atoms with Gasteiger partial charge in [-0.25, -0.2) is 0 Å². The van der Waals surface area contributed by atoms with Crippen molar-refractivity contribution in [3.63, 3.8) is 0 Å². The summed E-state index contributed by atoms with van der Waals surface area (Å²) in [5, 5.41) is 4.19. The summed E-state index contributed by atoms with van der Waals surface area (Å²) in [7, 11) is 0. The number of hydrogen-bond donors (Lipinski definition) is 1. The third kappa shape index (κ3) is 3.22. The number of furan rings is 1. The van der Waals surface area contributed by atoms with Crippen molar-refractivity contribution in [2.75, 3.05) is 13.1 Å². The molecule has 5 nitrogen and oxygen atoms in total. The van der Waals surface area contributed by atoms with Crippen LogP contribution in [-0.4, -0.2) is 29.8 Å². The molecule has 0 spiro atoms. The highest BCUT2D eigenvalue weighted by molar-refractivity contribution is 5.84. The van der Waals surface area contributed by atoms with Crippen molar-refractivity contribution in [3.8, 4) is 0 Å². The van der Waals surface area contributed by atoms with E-state index in [0.717, 1.165) is 54.5 Å². The number of carbonyl (C=O) groups excluding carboxylic acids is 2. The fourth-order valence-electron chi connectivity index (χ4n) is 3.98. The first-order valence-corrected chi connectivity index (χ1v) is 9.61. The first kappa shape index (κ1) is 17.1. The monoisotopic (exact) mass is 354 g/mol. The molecule has 1 saturated heterocycles. The molecule has 2 amide bonds. The van der Waals surface area contributed by atoms with Gasteiger partial charge < -0.3 is 14.6 Å². The SMILES string of the molecule is Cc1c(C(C)NC(=O)C2CCCN(C(=O)C3CC3)C2)oc2ccccc12. The van der Waals surface area contributed by atoms with Crippen LogP contribution in [0.1, 0.15) is 50.0 Å². The predicted octanol–water partition coefficient (Wildman–Crippen LogP) is 3.57. The smallest absolute Gasteiger partial charge is 0.225 e. The van der Waals surface area contributed by atoms with E-state index < -0.39 is 0 Å². The summed E-state index contributed by atoms with van der Waals surface area (Å²) in [6.45, 7) is 5.32. The Bertz CT molecular complexity index is 837. The minimum Gasteiger partial charge on any atom is -0.459 e. The van der Waals surface area contributed by atoms with Crippen molar-refractivity contribution in [2.24, 2.45) is 11.8 Å². The van der Waals surface area contributed by atoms with E-state index in [4.69, 9.17) is 4.42 Å². The van der Waals surface area contributed by atoms with E-state index >= 15 is 0 Å². The molecule has 1 aromatic carbocycles. The maximum Gasteiger partial charge on any atom is 0.225 e. The first-order chi connectivity index (χ1) is 12.5. The van der Waals surface area contributed by atoms with Crippen LogP contribution in [0.25, 0.3) is 11.0 Å². The van der Waals surface area contributed by atoms with E-state index in [1.165, 1.54) is 0 Å². The van der Waals surface area contributed by atoms with Crippen LogP contribution in [0.3, 0.4) is 0 Å². The Balaban J connectivity index is 1.43. The molecular weight excluding hydrogens is 328 g/mol. The number of hydrogen-bond acceptors (Lipinski definition) is 3. The average molecular weight is 354 g/mol. The Morgan fingerprint density at radius 2 is 1.96 bits per heavy atom. The molecule has 2 atom stereocenters. The topological polar surface area (TPSA) is 62.6 Å². The van der Waals surface area contributed by atoms with Crippen LogP contribution in [-0.2, 0) is 9.59 Å². The average Bonchev–Trinajstić information content (AvgIpc) is 3.45. The standard InChI is InChI=1S/C21H26N2O3/c1-13-17-7-3-4-8-18(17)26-19(13)14(2)22-20(24)16-6-5-11-23(12-16)21(25)15-9-10-15/h3-4,7-8,14-16H,5-6,9-12H2,1-2H3,(H,22,24). The number of nitrogens with zero attached hydrogens (tertiary/aromatic N) is 1. The van der Waals surface area contributed by atoms with Gasteiger partial charge in [0, 0.05) is 30.0 Å². The zero-order chi connectivity index (χ0) is 18.3. The zero-order valence-electron chi connectivity index (χ0n) is 15.5. The quantitative estimate of drug-likeness (QED) is 0.913. The van der Waals surface area contributed by atoms with E-state index in [2.05, 4.69) is 5.32 Å². The molecule has 1 aliphatic heterocycles. The summed E-state index contributed by atoms with van der Waals surface area (Å²) in [4.78, 5) is 27.0. The lowest BCUT2D eigenvalue weighted by molar-refractivity contribution is -0.137. The second kappa shape index (κ2) is 6.78. The maximum atomic E-state index is 12.8. The molecule has 1 aliphatic carbocycles. The number of fused-ring (bicyclic) bond motifs is 1. The Kier molecular flexibility index (Phi) is 4.47. The number of nitrogens with one attached hydrogen (secondary N) is 1. The fraction of sp³-hybridized carbons (Fsp3) is 0.524. The molecule has 2 heterocycles. The summed E-state index contributed by atoms with van der Waals surface area (Å²) >= 11 is 0. The highest BCUT2D eigenvalue weighted by Gasteiger charge is 2.37. The van der Waals surface area contributed by atoms with Gasteiger partial charge in [0.25, 0.3) is 0 Å². The number of rotatable bonds is 4. The van der Waals surface area contributed by atoms with Crippen molar-refractivity contribution < 1.29 is 14.0 Å². The maximum absolute atomic E-state index is 12.8. The van der Waals surface area contributed by atoms with Crippen LogP contribution in [0.5, 0.6) is 0 Å². The molecule has 5 heteroatoms. The molecule has 138 valence electrons. The molecule has 4 rings (SSSR count). The fourth-order valence-corrected chi connectivity index (χ4v) is 3.98. The van der Waals surface area contributed by atoms with E-state index in [1.54, 1.807) is 0 Å². The number of aryl methyl sites for hydroxylation is 1. The minimum atomic E-state index is -0.190. The van der Waals surface area contributed by atoms with Crippen molar-refractivity contribution in [3.05, 3.63) is 35.6 Å². The molecule has 26 heavy (non-hydrogen) atoms. The van der Waals surface area contributed by atoms with E-state index in [-0.39, 0.29) is 29.7 Å². The Morgan fingerprint density at radius 1 is 1.19 bits per heavy atom. The van der Waals surface area contributed by atoms with Crippen molar-refractivity contribution in [2.45, 2.75) is 45.6 Å². The second-order valence-electron chi connectivity index (χ2n) is 7.72. The van der Waals surface area contributed by atoms with Gasteiger partial charge in [-0.15, -0.1) is 0 Å². The first-order valence-electron chi connectivity index (χ1n) is 9.61. The van der Waals surface area contributed by atoms with Gasteiger partial charge in [0.1, 0.15) is 11.3 Å². The normalized spacial score (nSPS) is 21.6. The number of amides is 2. The highest BCUT2D eigenvalue weighted by Crippen LogP contribution is 2.33. The molecule has 0 radical (unpaired) electrons. The highest BCUT2D eigenvalue weighted by atomic mass is 16.3. The van der Waals surface area contributed by atoms with Gasteiger partial charge in [-0.2, -0.15) is 0 Å². The summed E-state index contributed by atoms with van der Waals surface area (Å²) in [5.41, 5.74) is 1.92. The molecule has 1 saturated carbocycles. The molecule has 2 fully saturated rings. The minimum absolute atomic E-state index is 0.0191. The number of likely N-dealkylation sites (tertiary alicyclic amines) is 1. The lowest BCUT2D eigenvalue weighted by atomic mass is 9.96. The number of carbonyl (C=O) groups is 2. The summed E-state index contributed by atoms with van der Waals surface area (Å²) < 4.78 is 5.97. The molecular formula is C21H26N2O3. The van der Waals surface area contributed by atoms with Gasteiger partial charge >= 0.3 is 0 Å². The van der Waals surface area contributed by atoms with Gasteiger partial charge in [0.05, 0.1) is 12.0 Å². The molecule has 2 aliphatic rings. The largest absolute Gasteiger partial charge is 0.459 e. The lowest BCUT2D eigenvalue weighted by Crippen LogP contribution is -2.46.